The number of nitrogens with zero attached hydrogens (tertiary/aromatic N) is 1. The average molecular weight is 191 g/mol. The lowest BCUT2D eigenvalue weighted by atomic mass is 10.4. The van der Waals surface area contributed by atoms with Gasteiger partial charge < -0.3 is 10.1 Å². The monoisotopic (exact) mass is 190 g/mol. The van der Waals surface area contributed by atoms with Crippen molar-refractivity contribution in [3.8, 4) is 0 Å². The molecule has 1 rings (SSSR count). The van der Waals surface area contributed by atoms with Crippen molar-refractivity contribution in [2.75, 3.05) is 0 Å². The first kappa shape index (κ1) is 8.16. The van der Waals surface area contributed by atoms with Gasteiger partial charge in [0, 0.05) is 0 Å². The number of aromatic nitrogens is 2. The largest absolute Gasteiger partial charge is 0.477 e. The molecule has 0 spiro atoms. The molecule has 0 bridgehead atoms. The van der Waals surface area contributed by atoms with E-state index in [4.69, 9.17) is 16.7 Å². The van der Waals surface area contributed by atoms with E-state index in [1.165, 1.54) is 6.20 Å². The molecule has 4 nitrogen and oxygen atoms in total. The van der Waals surface area contributed by atoms with Gasteiger partial charge in [-0.25, -0.2) is 9.78 Å². The summed E-state index contributed by atoms with van der Waals surface area (Å²) in [4.78, 5) is 16.3. The lowest BCUT2D eigenvalue weighted by Crippen LogP contribution is -2.02. The molecule has 0 radical (unpaired) electrons. The number of aromatic amines is 1. The van der Waals surface area contributed by atoms with Gasteiger partial charge >= 0.3 is 5.97 Å². The van der Waals surface area contributed by atoms with Gasteiger partial charge in [-0.15, -0.1) is 0 Å². The minimum absolute atomic E-state index is 0.0473. The second kappa shape index (κ2) is 2.98. The third-order valence-corrected chi connectivity index (χ3v) is 1.47. The summed E-state index contributed by atoms with van der Waals surface area (Å²) in [6, 6.07) is 0. The normalized spacial score (nSPS) is 9.55. The molecule has 0 aliphatic rings. The van der Waals surface area contributed by atoms with Gasteiger partial charge in [0.25, 0.3) is 0 Å². The summed E-state index contributed by atoms with van der Waals surface area (Å²) in [6.07, 6.45) is 1.20. The summed E-state index contributed by atoms with van der Waals surface area (Å²) >= 11 is 10.1. The van der Waals surface area contributed by atoms with Crippen LogP contribution in [0, 0.1) is 4.77 Å². The van der Waals surface area contributed by atoms with Gasteiger partial charge in [0.1, 0.15) is 5.69 Å². The quantitative estimate of drug-likeness (QED) is 0.659. The summed E-state index contributed by atoms with van der Waals surface area (Å²) in [6.45, 7) is 0. The molecule has 0 aromatic carbocycles. The number of H-pyrrole nitrogens is 1. The van der Waals surface area contributed by atoms with E-state index in [0.29, 0.717) is 0 Å². The third kappa shape index (κ3) is 1.75. The Morgan fingerprint density at radius 3 is 2.91 bits per heavy atom. The van der Waals surface area contributed by atoms with Crippen LogP contribution in [0.1, 0.15) is 10.5 Å². The zero-order chi connectivity index (χ0) is 8.43. The van der Waals surface area contributed by atoms with Crippen molar-refractivity contribution in [2.24, 2.45) is 0 Å². The molecule has 0 aliphatic carbocycles. The Balaban J connectivity index is 3.35. The average Bonchev–Trinajstić information content (AvgIpc) is 1.94. The van der Waals surface area contributed by atoms with Gasteiger partial charge in [0.05, 0.1) is 11.2 Å². The Morgan fingerprint density at radius 1 is 1.82 bits per heavy atom. The van der Waals surface area contributed by atoms with Gasteiger partial charge in [-0.05, 0) is 12.2 Å². The maximum absolute atomic E-state index is 10.4. The highest BCUT2D eigenvalue weighted by Gasteiger charge is 2.07. The number of rotatable bonds is 1. The van der Waals surface area contributed by atoms with Crippen LogP contribution in [0.15, 0.2) is 6.20 Å². The Bertz CT molecular complexity index is 349. The fourth-order valence-electron chi connectivity index (χ4n) is 0.534. The smallest absolute Gasteiger partial charge is 0.354 e. The summed E-state index contributed by atoms with van der Waals surface area (Å²) in [5.74, 6) is -1.15. The van der Waals surface area contributed by atoms with E-state index in [9.17, 15) is 4.79 Å². The number of carboxylic acid groups (broad SMARTS) is 1. The number of hydrogen-bond acceptors (Lipinski definition) is 3. The van der Waals surface area contributed by atoms with Crippen molar-refractivity contribution in [3.05, 3.63) is 21.7 Å². The Kier molecular flexibility index (Phi) is 2.21. The molecule has 0 unspecified atom stereocenters. The topological polar surface area (TPSA) is 66.0 Å². The van der Waals surface area contributed by atoms with Crippen LogP contribution in [0.25, 0.3) is 0 Å². The van der Waals surface area contributed by atoms with Crippen LogP contribution in [0.3, 0.4) is 0 Å². The van der Waals surface area contributed by atoms with Gasteiger partial charge in [-0.1, -0.05) is 11.6 Å². The SMILES string of the molecule is O=C(O)c1[nH]c(=S)ncc1Cl. The van der Waals surface area contributed by atoms with Gasteiger partial charge in [-0.3, -0.25) is 0 Å². The summed E-state index contributed by atoms with van der Waals surface area (Å²) in [5, 5.41) is 8.55. The minimum Gasteiger partial charge on any atom is -0.477 e. The summed E-state index contributed by atoms with van der Waals surface area (Å²) in [7, 11) is 0. The second-order valence-electron chi connectivity index (χ2n) is 1.72. The van der Waals surface area contributed by atoms with Crippen LogP contribution in [0.5, 0.6) is 0 Å². The molecule has 1 heterocycles. The van der Waals surface area contributed by atoms with Crippen LogP contribution < -0.4 is 0 Å². The van der Waals surface area contributed by atoms with Crippen molar-refractivity contribution in [2.45, 2.75) is 0 Å². The highest BCUT2D eigenvalue weighted by Crippen LogP contribution is 2.10. The lowest BCUT2D eigenvalue weighted by molar-refractivity contribution is 0.0690. The fraction of sp³-hybridized carbons (Fsp3) is 0. The zero-order valence-electron chi connectivity index (χ0n) is 5.17. The molecular formula is C5H3ClN2O2S. The van der Waals surface area contributed by atoms with E-state index >= 15 is 0 Å². The number of hydrogen-bond donors (Lipinski definition) is 2. The lowest BCUT2D eigenvalue weighted by Gasteiger charge is -1.95. The number of halogens is 1. The van der Waals surface area contributed by atoms with Crippen molar-refractivity contribution in [1.82, 2.24) is 9.97 Å². The molecule has 58 valence electrons. The molecule has 6 heteroatoms. The molecule has 0 fully saturated rings. The molecule has 0 saturated carbocycles. The van der Waals surface area contributed by atoms with Crippen molar-refractivity contribution < 1.29 is 9.90 Å². The summed E-state index contributed by atoms with van der Waals surface area (Å²) < 4.78 is 0.104. The van der Waals surface area contributed by atoms with E-state index in [-0.39, 0.29) is 15.5 Å². The van der Waals surface area contributed by atoms with Crippen LogP contribution in [-0.4, -0.2) is 21.0 Å². The highest BCUT2D eigenvalue weighted by molar-refractivity contribution is 7.71. The molecule has 1 aromatic rings. The Morgan fingerprint density at radius 2 is 2.45 bits per heavy atom. The number of nitrogens with one attached hydrogen (secondary N) is 1. The fourth-order valence-corrected chi connectivity index (χ4v) is 0.866. The van der Waals surface area contributed by atoms with Gasteiger partial charge in [0.2, 0.25) is 0 Å². The van der Waals surface area contributed by atoms with E-state index < -0.39 is 5.97 Å². The third-order valence-electron chi connectivity index (χ3n) is 0.980. The van der Waals surface area contributed by atoms with Crippen molar-refractivity contribution >= 4 is 29.8 Å². The van der Waals surface area contributed by atoms with E-state index in [1.54, 1.807) is 0 Å². The maximum Gasteiger partial charge on any atom is 0.354 e. The van der Waals surface area contributed by atoms with Crippen molar-refractivity contribution in [3.63, 3.8) is 0 Å². The first-order chi connectivity index (χ1) is 5.11. The molecule has 0 saturated heterocycles. The predicted octanol–water partition coefficient (Wildman–Crippen LogP) is 1.49. The van der Waals surface area contributed by atoms with Crippen molar-refractivity contribution in [1.29, 1.82) is 0 Å². The maximum atomic E-state index is 10.4. The van der Waals surface area contributed by atoms with E-state index in [2.05, 4.69) is 22.2 Å². The first-order valence-electron chi connectivity index (χ1n) is 2.59. The van der Waals surface area contributed by atoms with Crippen LogP contribution in [0.4, 0.5) is 0 Å². The first-order valence-corrected chi connectivity index (χ1v) is 3.38. The van der Waals surface area contributed by atoms with Gasteiger partial charge in [0.15, 0.2) is 4.77 Å². The summed E-state index contributed by atoms with van der Waals surface area (Å²) in [5.41, 5.74) is -0.133. The molecule has 1 aromatic heterocycles. The Hall–Kier alpha value is -0.940. The van der Waals surface area contributed by atoms with E-state index in [0.717, 1.165) is 0 Å². The van der Waals surface area contributed by atoms with Gasteiger partial charge in [-0.2, -0.15) is 0 Å². The van der Waals surface area contributed by atoms with Crippen LogP contribution in [0.2, 0.25) is 5.02 Å². The van der Waals surface area contributed by atoms with Crippen LogP contribution >= 0.6 is 23.8 Å². The molecule has 0 amide bonds. The standard InChI is InChI=1S/C5H3ClN2O2S/c6-2-1-7-5(11)8-3(2)4(9)10/h1H,(H,9,10)(H,7,8,11). The number of carbonyl (C=O) groups is 1. The number of aromatic carboxylic acids is 1. The zero-order valence-corrected chi connectivity index (χ0v) is 6.74. The second-order valence-corrected chi connectivity index (χ2v) is 2.51. The molecule has 2 N–H and O–H groups in total. The van der Waals surface area contributed by atoms with Crippen LogP contribution in [-0.2, 0) is 0 Å². The number of carboxylic acids is 1. The molecular weight excluding hydrogens is 188 g/mol. The van der Waals surface area contributed by atoms with E-state index in [1.807, 2.05) is 0 Å². The molecule has 0 atom stereocenters. The molecule has 11 heavy (non-hydrogen) atoms. The predicted molar refractivity (Wildman–Crippen MR) is 41.4 cm³/mol. The minimum atomic E-state index is -1.15. The molecule has 0 aliphatic heterocycles. The highest BCUT2D eigenvalue weighted by atomic mass is 35.5. The Labute approximate surface area is 71.9 Å².